The van der Waals surface area contributed by atoms with Crippen molar-refractivity contribution >= 4 is 27.6 Å². The number of rotatable bonds is 3. The zero-order chi connectivity index (χ0) is 16.3. The standard InChI is InChI=1S/C18H21BrN2O/c1-11-9-13(3)17(10-12(11)2)21-18(22)20-14(4)15-5-7-16(19)8-6-15/h5-10,14H,1-4H3,(H2,20,21,22). The zero-order valence-corrected chi connectivity index (χ0v) is 14.9. The number of amides is 2. The molecule has 0 spiro atoms. The van der Waals surface area contributed by atoms with Crippen LogP contribution in [0.15, 0.2) is 40.9 Å². The Morgan fingerprint density at radius 2 is 1.59 bits per heavy atom. The monoisotopic (exact) mass is 360 g/mol. The van der Waals surface area contributed by atoms with Gasteiger partial charge in [-0.15, -0.1) is 0 Å². The van der Waals surface area contributed by atoms with Crippen molar-refractivity contribution in [3.8, 4) is 0 Å². The van der Waals surface area contributed by atoms with E-state index in [1.807, 2.05) is 51.1 Å². The van der Waals surface area contributed by atoms with Gasteiger partial charge >= 0.3 is 6.03 Å². The maximum Gasteiger partial charge on any atom is 0.319 e. The van der Waals surface area contributed by atoms with Gasteiger partial charge in [0.25, 0.3) is 0 Å². The van der Waals surface area contributed by atoms with Crippen LogP contribution in [0.25, 0.3) is 0 Å². The summed E-state index contributed by atoms with van der Waals surface area (Å²) in [5.41, 5.74) is 5.38. The van der Waals surface area contributed by atoms with Crippen LogP contribution < -0.4 is 10.6 Å². The molecule has 0 aliphatic heterocycles. The SMILES string of the molecule is Cc1cc(C)c(NC(=O)NC(C)c2ccc(Br)cc2)cc1C. The molecule has 4 heteroatoms. The van der Waals surface area contributed by atoms with Crippen LogP contribution >= 0.6 is 15.9 Å². The molecule has 3 nitrogen and oxygen atoms in total. The van der Waals surface area contributed by atoms with Crippen LogP contribution in [0.1, 0.15) is 35.2 Å². The quantitative estimate of drug-likeness (QED) is 0.770. The summed E-state index contributed by atoms with van der Waals surface area (Å²) in [7, 11) is 0. The van der Waals surface area contributed by atoms with E-state index in [1.165, 1.54) is 11.1 Å². The molecular weight excluding hydrogens is 340 g/mol. The number of urea groups is 1. The average molecular weight is 361 g/mol. The predicted octanol–water partition coefficient (Wildman–Crippen LogP) is 5.26. The van der Waals surface area contributed by atoms with E-state index in [1.54, 1.807) is 0 Å². The van der Waals surface area contributed by atoms with Gasteiger partial charge in [-0.3, -0.25) is 0 Å². The molecule has 2 rings (SSSR count). The normalized spacial score (nSPS) is 11.9. The molecule has 0 bridgehead atoms. The molecule has 1 unspecified atom stereocenters. The van der Waals surface area contributed by atoms with Crippen molar-refractivity contribution in [3.05, 3.63) is 63.1 Å². The highest BCUT2D eigenvalue weighted by atomic mass is 79.9. The molecule has 116 valence electrons. The van der Waals surface area contributed by atoms with Gasteiger partial charge in [0.2, 0.25) is 0 Å². The molecule has 2 aromatic rings. The van der Waals surface area contributed by atoms with Crippen LogP contribution in [0.5, 0.6) is 0 Å². The summed E-state index contributed by atoms with van der Waals surface area (Å²) in [6, 6.07) is 11.8. The molecule has 0 aliphatic carbocycles. The molecule has 0 saturated carbocycles. The largest absolute Gasteiger partial charge is 0.331 e. The molecule has 1 atom stereocenters. The number of carbonyl (C=O) groups is 1. The first-order chi connectivity index (χ1) is 10.4. The molecule has 2 amide bonds. The van der Waals surface area contributed by atoms with E-state index in [2.05, 4.69) is 39.6 Å². The lowest BCUT2D eigenvalue weighted by molar-refractivity contribution is 0.249. The van der Waals surface area contributed by atoms with Gasteiger partial charge in [0.15, 0.2) is 0 Å². The third-order valence-electron chi connectivity index (χ3n) is 3.81. The minimum absolute atomic E-state index is 0.0556. The van der Waals surface area contributed by atoms with Crippen molar-refractivity contribution in [2.45, 2.75) is 33.7 Å². The van der Waals surface area contributed by atoms with Crippen LogP contribution in [0.2, 0.25) is 0 Å². The van der Waals surface area contributed by atoms with E-state index in [-0.39, 0.29) is 12.1 Å². The highest BCUT2D eigenvalue weighted by molar-refractivity contribution is 9.10. The Labute approximate surface area is 140 Å². The van der Waals surface area contributed by atoms with Crippen LogP contribution in [-0.2, 0) is 0 Å². The van der Waals surface area contributed by atoms with Crippen molar-refractivity contribution < 1.29 is 4.79 Å². The van der Waals surface area contributed by atoms with Gasteiger partial charge in [0.05, 0.1) is 6.04 Å². The molecule has 0 saturated heterocycles. The average Bonchev–Trinajstić information content (AvgIpc) is 2.45. The van der Waals surface area contributed by atoms with E-state index in [0.717, 1.165) is 21.3 Å². The topological polar surface area (TPSA) is 41.1 Å². The van der Waals surface area contributed by atoms with Crippen LogP contribution in [0, 0.1) is 20.8 Å². The van der Waals surface area contributed by atoms with Crippen molar-refractivity contribution in [1.29, 1.82) is 0 Å². The second-order valence-corrected chi connectivity index (χ2v) is 6.54. The molecule has 0 radical (unpaired) electrons. The summed E-state index contributed by atoms with van der Waals surface area (Å²) in [6.45, 7) is 8.08. The Morgan fingerprint density at radius 1 is 1.00 bits per heavy atom. The van der Waals surface area contributed by atoms with Crippen LogP contribution in [0.4, 0.5) is 10.5 Å². The summed E-state index contributed by atoms with van der Waals surface area (Å²) in [4.78, 5) is 12.2. The summed E-state index contributed by atoms with van der Waals surface area (Å²) in [6.07, 6.45) is 0. The van der Waals surface area contributed by atoms with Crippen molar-refractivity contribution in [2.75, 3.05) is 5.32 Å². The Balaban J connectivity index is 2.04. The first-order valence-corrected chi connectivity index (χ1v) is 8.07. The van der Waals surface area contributed by atoms with Gasteiger partial charge in [-0.1, -0.05) is 34.1 Å². The number of halogens is 1. The molecule has 0 aromatic heterocycles. The molecule has 2 N–H and O–H groups in total. The van der Waals surface area contributed by atoms with Gasteiger partial charge in [-0.05, 0) is 68.1 Å². The highest BCUT2D eigenvalue weighted by Gasteiger charge is 2.11. The molecule has 0 aliphatic rings. The summed E-state index contributed by atoms with van der Waals surface area (Å²) < 4.78 is 1.03. The third kappa shape index (κ3) is 4.10. The second kappa shape index (κ2) is 6.97. The van der Waals surface area contributed by atoms with E-state index < -0.39 is 0 Å². The summed E-state index contributed by atoms with van der Waals surface area (Å²) >= 11 is 3.41. The van der Waals surface area contributed by atoms with Crippen molar-refractivity contribution in [2.24, 2.45) is 0 Å². The lowest BCUT2D eigenvalue weighted by Crippen LogP contribution is -2.31. The fraction of sp³-hybridized carbons (Fsp3) is 0.278. The summed E-state index contributed by atoms with van der Waals surface area (Å²) in [5.74, 6) is 0. The first kappa shape index (κ1) is 16.6. The van der Waals surface area contributed by atoms with E-state index in [9.17, 15) is 4.79 Å². The number of anilines is 1. The number of aryl methyl sites for hydroxylation is 3. The Kier molecular flexibility index (Phi) is 5.24. The maximum absolute atomic E-state index is 12.2. The third-order valence-corrected chi connectivity index (χ3v) is 4.34. The van der Waals surface area contributed by atoms with Crippen molar-refractivity contribution in [1.82, 2.24) is 5.32 Å². The second-order valence-electron chi connectivity index (χ2n) is 5.62. The Bertz CT molecular complexity index is 680. The van der Waals surface area contributed by atoms with Gasteiger partial charge in [-0.2, -0.15) is 0 Å². The van der Waals surface area contributed by atoms with Gasteiger partial charge in [-0.25, -0.2) is 4.79 Å². The van der Waals surface area contributed by atoms with Crippen LogP contribution in [-0.4, -0.2) is 6.03 Å². The first-order valence-electron chi connectivity index (χ1n) is 7.27. The minimum Gasteiger partial charge on any atom is -0.331 e. The number of benzene rings is 2. The smallest absolute Gasteiger partial charge is 0.319 e. The molecule has 22 heavy (non-hydrogen) atoms. The Hall–Kier alpha value is -1.81. The fourth-order valence-corrected chi connectivity index (χ4v) is 2.55. The fourth-order valence-electron chi connectivity index (χ4n) is 2.29. The number of nitrogens with one attached hydrogen (secondary N) is 2. The van der Waals surface area contributed by atoms with Crippen LogP contribution in [0.3, 0.4) is 0 Å². The van der Waals surface area contributed by atoms with E-state index in [0.29, 0.717) is 0 Å². The summed E-state index contributed by atoms with van der Waals surface area (Å²) in [5, 5.41) is 5.89. The predicted molar refractivity (Wildman–Crippen MR) is 95.4 cm³/mol. The molecule has 2 aromatic carbocycles. The highest BCUT2D eigenvalue weighted by Crippen LogP contribution is 2.21. The molecule has 0 fully saturated rings. The van der Waals surface area contributed by atoms with Gasteiger partial charge in [0, 0.05) is 10.2 Å². The van der Waals surface area contributed by atoms with E-state index >= 15 is 0 Å². The molecular formula is C18H21BrN2O. The van der Waals surface area contributed by atoms with Gasteiger partial charge in [0.1, 0.15) is 0 Å². The number of carbonyl (C=O) groups excluding carboxylic acids is 1. The minimum atomic E-state index is -0.193. The lowest BCUT2D eigenvalue weighted by Gasteiger charge is -2.17. The number of hydrogen-bond donors (Lipinski definition) is 2. The lowest BCUT2D eigenvalue weighted by atomic mass is 10.1. The van der Waals surface area contributed by atoms with Gasteiger partial charge < -0.3 is 10.6 Å². The number of hydrogen-bond acceptors (Lipinski definition) is 1. The van der Waals surface area contributed by atoms with E-state index in [4.69, 9.17) is 0 Å². The van der Waals surface area contributed by atoms with Crippen molar-refractivity contribution in [3.63, 3.8) is 0 Å². The zero-order valence-electron chi connectivity index (χ0n) is 13.3. The maximum atomic E-state index is 12.2. The Morgan fingerprint density at radius 3 is 2.23 bits per heavy atom. The molecule has 0 heterocycles.